The van der Waals surface area contributed by atoms with E-state index in [1.165, 1.54) is 0 Å². The Kier molecular flexibility index (Phi) is 4.49. The molecule has 0 atom stereocenters. The SMILES string of the molecule is Cc1sc2nc(CNc3ccc(Cl)cc3)[nH]c(=O)c2c1-c1ccccc1. The van der Waals surface area contributed by atoms with E-state index in [0.717, 1.165) is 26.5 Å². The fourth-order valence-electron chi connectivity index (χ4n) is 2.95. The Balaban J connectivity index is 1.69. The van der Waals surface area contributed by atoms with Gasteiger partial charge in [-0.2, -0.15) is 0 Å². The summed E-state index contributed by atoms with van der Waals surface area (Å²) < 4.78 is 0. The van der Waals surface area contributed by atoms with Gasteiger partial charge >= 0.3 is 0 Å². The summed E-state index contributed by atoms with van der Waals surface area (Å²) in [5.74, 6) is 0.610. The van der Waals surface area contributed by atoms with E-state index in [4.69, 9.17) is 11.6 Å². The van der Waals surface area contributed by atoms with Gasteiger partial charge in [-0.1, -0.05) is 41.9 Å². The van der Waals surface area contributed by atoms with Crippen LogP contribution < -0.4 is 10.9 Å². The zero-order valence-electron chi connectivity index (χ0n) is 14.0. The molecule has 0 aliphatic heterocycles. The van der Waals surface area contributed by atoms with E-state index >= 15 is 0 Å². The van der Waals surface area contributed by atoms with Crippen molar-refractivity contribution in [1.29, 1.82) is 0 Å². The normalized spacial score (nSPS) is 11.0. The molecule has 0 saturated carbocycles. The maximum Gasteiger partial charge on any atom is 0.260 e. The smallest absolute Gasteiger partial charge is 0.260 e. The maximum atomic E-state index is 12.7. The molecule has 2 N–H and O–H groups in total. The Morgan fingerprint density at radius 2 is 1.85 bits per heavy atom. The number of thiophene rings is 1. The highest BCUT2D eigenvalue weighted by molar-refractivity contribution is 7.19. The molecule has 4 rings (SSSR count). The Morgan fingerprint density at radius 3 is 2.58 bits per heavy atom. The van der Waals surface area contributed by atoms with Gasteiger partial charge in [0.05, 0.1) is 11.9 Å². The number of aryl methyl sites for hydroxylation is 1. The minimum atomic E-state index is -0.105. The van der Waals surface area contributed by atoms with Crippen LogP contribution in [0.1, 0.15) is 10.7 Å². The molecular formula is C20H16ClN3OS. The van der Waals surface area contributed by atoms with Crippen LogP contribution in [0.15, 0.2) is 59.4 Å². The third kappa shape index (κ3) is 3.23. The highest BCUT2D eigenvalue weighted by Crippen LogP contribution is 2.35. The average molecular weight is 382 g/mol. The van der Waals surface area contributed by atoms with Gasteiger partial charge in [0.15, 0.2) is 0 Å². The van der Waals surface area contributed by atoms with Gasteiger partial charge in [0.25, 0.3) is 5.56 Å². The largest absolute Gasteiger partial charge is 0.378 e. The van der Waals surface area contributed by atoms with Crippen molar-refractivity contribution in [2.75, 3.05) is 5.32 Å². The van der Waals surface area contributed by atoms with Crippen LogP contribution in [0.4, 0.5) is 5.69 Å². The maximum absolute atomic E-state index is 12.7. The van der Waals surface area contributed by atoms with Crippen molar-refractivity contribution >= 4 is 38.8 Å². The number of nitrogens with one attached hydrogen (secondary N) is 2. The standard InChI is InChI=1S/C20H16ClN3OS/c1-12-17(13-5-3-2-4-6-13)18-19(25)23-16(24-20(18)26-12)11-22-15-9-7-14(21)8-10-15/h2-10,22H,11H2,1H3,(H,23,24,25). The molecule has 26 heavy (non-hydrogen) atoms. The van der Waals surface area contributed by atoms with Crippen LogP contribution in [0.2, 0.25) is 5.02 Å². The lowest BCUT2D eigenvalue weighted by Gasteiger charge is -2.06. The molecule has 2 aromatic heterocycles. The number of H-pyrrole nitrogens is 1. The van der Waals surface area contributed by atoms with Crippen LogP contribution in [-0.2, 0) is 6.54 Å². The van der Waals surface area contributed by atoms with Crippen LogP contribution >= 0.6 is 22.9 Å². The second-order valence-corrected chi connectivity index (χ2v) is 7.59. The van der Waals surface area contributed by atoms with Gasteiger partial charge in [0.2, 0.25) is 0 Å². The first-order valence-corrected chi connectivity index (χ1v) is 9.38. The number of aromatic amines is 1. The first kappa shape index (κ1) is 16.8. The molecule has 0 fully saturated rings. The third-order valence-corrected chi connectivity index (χ3v) is 5.40. The Hall–Kier alpha value is -2.63. The number of hydrogen-bond donors (Lipinski definition) is 2. The van der Waals surface area contributed by atoms with Crippen molar-refractivity contribution in [3.05, 3.63) is 80.7 Å². The molecule has 2 aromatic carbocycles. The summed E-state index contributed by atoms with van der Waals surface area (Å²) in [5.41, 5.74) is 2.82. The second-order valence-electron chi connectivity index (χ2n) is 5.95. The Labute approximate surface area is 159 Å². The van der Waals surface area contributed by atoms with E-state index in [0.29, 0.717) is 22.8 Å². The van der Waals surface area contributed by atoms with Gasteiger partial charge in [-0.15, -0.1) is 11.3 Å². The molecule has 130 valence electrons. The summed E-state index contributed by atoms with van der Waals surface area (Å²) in [5, 5.41) is 4.59. The predicted octanol–water partition coefficient (Wildman–Crippen LogP) is 5.23. The quantitative estimate of drug-likeness (QED) is 0.509. The van der Waals surface area contributed by atoms with Crippen molar-refractivity contribution in [3.8, 4) is 11.1 Å². The monoisotopic (exact) mass is 381 g/mol. The summed E-state index contributed by atoms with van der Waals surface area (Å²) in [6, 6.07) is 17.4. The molecule has 0 aliphatic carbocycles. The van der Waals surface area contributed by atoms with E-state index in [2.05, 4.69) is 15.3 Å². The number of nitrogens with zero attached hydrogens (tertiary/aromatic N) is 1. The van der Waals surface area contributed by atoms with Gasteiger partial charge in [-0.3, -0.25) is 4.79 Å². The topological polar surface area (TPSA) is 57.8 Å². The summed E-state index contributed by atoms with van der Waals surface area (Å²) in [6.45, 7) is 2.46. The van der Waals surface area contributed by atoms with Crippen LogP contribution in [0.3, 0.4) is 0 Å². The Bertz CT molecular complexity index is 1120. The summed E-state index contributed by atoms with van der Waals surface area (Å²) in [4.78, 5) is 22.1. The fourth-order valence-corrected chi connectivity index (χ4v) is 4.14. The zero-order chi connectivity index (χ0) is 18.1. The molecule has 0 saturated heterocycles. The number of rotatable bonds is 4. The Morgan fingerprint density at radius 1 is 1.12 bits per heavy atom. The van der Waals surface area contributed by atoms with Crippen molar-refractivity contribution in [3.63, 3.8) is 0 Å². The van der Waals surface area contributed by atoms with Crippen molar-refractivity contribution in [1.82, 2.24) is 9.97 Å². The second kappa shape index (κ2) is 6.94. The highest BCUT2D eigenvalue weighted by atomic mass is 35.5. The summed E-state index contributed by atoms with van der Waals surface area (Å²) in [6.07, 6.45) is 0. The minimum Gasteiger partial charge on any atom is -0.378 e. The molecule has 4 nitrogen and oxygen atoms in total. The number of hydrogen-bond acceptors (Lipinski definition) is 4. The molecule has 2 heterocycles. The lowest BCUT2D eigenvalue weighted by atomic mass is 10.0. The van der Waals surface area contributed by atoms with Crippen LogP contribution in [0, 0.1) is 6.92 Å². The lowest BCUT2D eigenvalue weighted by Crippen LogP contribution is -2.14. The van der Waals surface area contributed by atoms with E-state index in [1.807, 2.05) is 61.5 Å². The number of aromatic nitrogens is 2. The van der Waals surface area contributed by atoms with E-state index in [9.17, 15) is 4.79 Å². The number of fused-ring (bicyclic) bond motifs is 1. The number of halogens is 1. The van der Waals surface area contributed by atoms with Gasteiger partial charge in [-0.05, 0) is 36.8 Å². The van der Waals surface area contributed by atoms with Crippen molar-refractivity contribution in [2.24, 2.45) is 0 Å². The molecular weight excluding hydrogens is 366 g/mol. The first-order valence-electron chi connectivity index (χ1n) is 8.19. The molecule has 0 amide bonds. The average Bonchev–Trinajstić information content (AvgIpc) is 2.98. The highest BCUT2D eigenvalue weighted by Gasteiger charge is 2.16. The predicted molar refractivity (Wildman–Crippen MR) is 109 cm³/mol. The fraction of sp³-hybridized carbons (Fsp3) is 0.100. The molecule has 0 spiro atoms. The van der Waals surface area contributed by atoms with Gasteiger partial charge < -0.3 is 10.3 Å². The first-order chi connectivity index (χ1) is 12.6. The molecule has 0 radical (unpaired) electrons. The lowest BCUT2D eigenvalue weighted by molar-refractivity contribution is 0.957. The molecule has 0 aliphatic rings. The van der Waals surface area contributed by atoms with Gasteiger partial charge in [0.1, 0.15) is 10.7 Å². The molecule has 0 unspecified atom stereocenters. The zero-order valence-corrected chi connectivity index (χ0v) is 15.6. The van der Waals surface area contributed by atoms with E-state index in [-0.39, 0.29) is 5.56 Å². The van der Waals surface area contributed by atoms with Crippen LogP contribution in [0.25, 0.3) is 21.3 Å². The van der Waals surface area contributed by atoms with E-state index < -0.39 is 0 Å². The third-order valence-electron chi connectivity index (χ3n) is 4.15. The van der Waals surface area contributed by atoms with Gasteiger partial charge in [0, 0.05) is 21.2 Å². The van der Waals surface area contributed by atoms with Gasteiger partial charge in [-0.25, -0.2) is 4.98 Å². The van der Waals surface area contributed by atoms with E-state index in [1.54, 1.807) is 11.3 Å². The van der Waals surface area contributed by atoms with Crippen LogP contribution in [0.5, 0.6) is 0 Å². The van der Waals surface area contributed by atoms with Crippen molar-refractivity contribution < 1.29 is 0 Å². The number of benzene rings is 2. The molecule has 0 bridgehead atoms. The van der Waals surface area contributed by atoms with Crippen molar-refractivity contribution in [2.45, 2.75) is 13.5 Å². The molecule has 4 aromatic rings. The number of anilines is 1. The summed E-state index contributed by atoms with van der Waals surface area (Å²) in [7, 11) is 0. The minimum absolute atomic E-state index is 0.105. The summed E-state index contributed by atoms with van der Waals surface area (Å²) >= 11 is 7.45. The molecule has 6 heteroatoms. The van der Waals surface area contributed by atoms with Crippen LogP contribution in [-0.4, -0.2) is 9.97 Å².